The minimum Gasteiger partial charge on any atom is -0.490 e. The first-order valence-corrected chi connectivity index (χ1v) is 12.7. The molecule has 0 amide bonds. The predicted molar refractivity (Wildman–Crippen MR) is 146 cm³/mol. The second kappa shape index (κ2) is 14.9. The molecule has 0 fully saturated rings. The smallest absolute Gasteiger partial charge is 0.119 e. The van der Waals surface area contributed by atoms with Gasteiger partial charge in [-0.3, -0.25) is 9.97 Å². The van der Waals surface area contributed by atoms with E-state index in [1.807, 2.05) is 36.7 Å². The molecule has 0 spiro atoms. The Morgan fingerprint density at radius 3 is 2.14 bits per heavy atom. The molecule has 1 atom stereocenters. The zero-order valence-corrected chi connectivity index (χ0v) is 21.2. The van der Waals surface area contributed by atoms with Crippen LogP contribution in [0, 0.1) is 0 Å². The minimum atomic E-state index is 0.350. The van der Waals surface area contributed by atoms with E-state index in [-0.39, 0.29) is 0 Å². The highest BCUT2D eigenvalue weighted by Crippen LogP contribution is 2.23. The summed E-state index contributed by atoms with van der Waals surface area (Å²) in [4.78, 5) is 9.23. The van der Waals surface area contributed by atoms with Crippen LogP contribution in [0.3, 0.4) is 0 Å². The van der Waals surface area contributed by atoms with Gasteiger partial charge in [-0.15, -0.1) is 0 Å². The number of allylic oxidation sites excluding steroid dienone is 1. The second-order valence-electron chi connectivity index (χ2n) is 8.75. The highest BCUT2D eigenvalue weighted by molar-refractivity contribution is 5.64. The fourth-order valence-electron chi connectivity index (χ4n) is 3.73. The third kappa shape index (κ3) is 9.14. The lowest BCUT2D eigenvalue weighted by Crippen LogP contribution is -2.08. The molecule has 3 rings (SSSR count). The molecule has 3 aromatic rings. The first-order chi connectivity index (χ1) is 17.2. The quantitative estimate of drug-likeness (QED) is 0.166. The maximum Gasteiger partial charge on any atom is 0.119 e. The van der Waals surface area contributed by atoms with Gasteiger partial charge >= 0.3 is 0 Å². The number of unbranched alkanes of at least 4 members (excludes halogenated alkanes) is 3. The van der Waals surface area contributed by atoms with Gasteiger partial charge in [-0.2, -0.15) is 0 Å². The van der Waals surface area contributed by atoms with E-state index in [0.29, 0.717) is 12.7 Å². The summed E-state index contributed by atoms with van der Waals surface area (Å²) in [7, 11) is 0. The van der Waals surface area contributed by atoms with E-state index in [1.54, 1.807) is 6.08 Å². The summed E-state index contributed by atoms with van der Waals surface area (Å²) < 4.78 is 11.4. The summed E-state index contributed by atoms with van der Waals surface area (Å²) in [5.41, 5.74) is 4.96. The normalized spacial score (nSPS) is 12.1. The average molecular weight is 471 g/mol. The lowest BCUT2D eigenvalue weighted by Gasteiger charge is -2.12. The zero-order valence-electron chi connectivity index (χ0n) is 21.2. The molecule has 0 N–H and O–H groups in total. The van der Waals surface area contributed by atoms with Crippen molar-refractivity contribution in [3.05, 3.63) is 85.2 Å². The number of hydrogen-bond donors (Lipinski definition) is 0. The standard InChI is InChI=1S/C31H38N2O2/c1-4-6-10-22-34-25(3)11-8-7-9-12-26-13-15-27(16-14-26)30-23-33-31(24-32-30)28-17-19-29(20-18-28)35-21-5-2/h5,9,12-20,23-25H,2,4,6-8,10-11,21-22H2,1,3H3. The van der Waals surface area contributed by atoms with Crippen LogP contribution in [-0.4, -0.2) is 29.3 Å². The van der Waals surface area contributed by atoms with Crippen LogP contribution in [-0.2, 0) is 4.74 Å². The molecule has 0 radical (unpaired) electrons. The minimum absolute atomic E-state index is 0.350. The number of aromatic nitrogens is 2. The van der Waals surface area contributed by atoms with E-state index in [0.717, 1.165) is 54.1 Å². The van der Waals surface area contributed by atoms with E-state index in [9.17, 15) is 0 Å². The van der Waals surface area contributed by atoms with Gasteiger partial charge < -0.3 is 9.47 Å². The van der Waals surface area contributed by atoms with E-state index < -0.39 is 0 Å². The monoisotopic (exact) mass is 470 g/mol. The van der Waals surface area contributed by atoms with Crippen molar-refractivity contribution < 1.29 is 9.47 Å². The molecule has 35 heavy (non-hydrogen) atoms. The van der Waals surface area contributed by atoms with Gasteiger partial charge in [0.2, 0.25) is 0 Å². The van der Waals surface area contributed by atoms with Crippen LogP contribution in [0.1, 0.15) is 57.9 Å². The van der Waals surface area contributed by atoms with Crippen molar-refractivity contribution in [1.29, 1.82) is 0 Å². The van der Waals surface area contributed by atoms with Crippen LogP contribution < -0.4 is 4.74 Å². The summed E-state index contributed by atoms with van der Waals surface area (Å²) in [5, 5.41) is 0. The highest BCUT2D eigenvalue weighted by atomic mass is 16.5. The summed E-state index contributed by atoms with van der Waals surface area (Å²) in [6.07, 6.45) is 17.2. The predicted octanol–water partition coefficient (Wildman–Crippen LogP) is 8.15. The molecule has 1 unspecified atom stereocenters. The Balaban J connectivity index is 1.45. The first-order valence-electron chi connectivity index (χ1n) is 12.7. The Hall–Kier alpha value is -3.24. The van der Waals surface area contributed by atoms with Crippen LogP contribution in [0.15, 0.2) is 79.7 Å². The van der Waals surface area contributed by atoms with Crippen molar-refractivity contribution >= 4 is 6.08 Å². The van der Waals surface area contributed by atoms with Gasteiger partial charge in [0.1, 0.15) is 12.4 Å². The molecule has 0 saturated carbocycles. The molecule has 0 aliphatic heterocycles. The lowest BCUT2D eigenvalue weighted by molar-refractivity contribution is 0.0566. The molecule has 184 valence electrons. The van der Waals surface area contributed by atoms with Crippen LogP contribution >= 0.6 is 0 Å². The van der Waals surface area contributed by atoms with Gasteiger partial charge in [-0.05, 0) is 62.4 Å². The number of benzene rings is 2. The lowest BCUT2D eigenvalue weighted by atomic mass is 10.1. The topological polar surface area (TPSA) is 44.2 Å². The number of ether oxygens (including phenoxy) is 2. The van der Waals surface area contributed by atoms with Crippen molar-refractivity contribution in [3.63, 3.8) is 0 Å². The summed E-state index contributed by atoms with van der Waals surface area (Å²) in [6, 6.07) is 16.3. The summed E-state index contributed by atoms with van der Waals surface area (Å²) in [6.45, 7) is 9.45. The van der Waals surface area contributed by atoms with Crippen LogP contribution in [0.5, 0.6) is 5.75 Å². The zero-order chi connectivity index (χ0) is 24.7. The molecule has 0 bridgehead atoms. The molecule has 4 heteroatoms. The Labute approximate surface area is 210 Å². The third-order valence-corrected chi connectivity index (χ3v) is 5.82. The average Bonchev–Trinajstić information content (AvgIpc) is 2.90. The Bertz CT molecular complexity index is 1030. The molecule has 4 nitrogen and oxygen atoms in total. The maximum absolute atomic E-state index is 5.87. The van der Waals surface area contributed by atoms with Gasteiger partial charge in [0, 0.05) is 17.7 Å². The maximum atomic E-state index is 5.87. The highest BCUT2D eigenvalue weighted by Gasteiger charge is 2.04. The molecule has 0 aliphatic rings. The van der Waals surface area contributed by atoms with Crippen molar-refractivity contribution in [3.8, 4) is 28.3 Å². The largest absolute Gasteiger partial charge is 0.490 e. The molecule has 1 heterocycles. The summed E-state index contributed by atoms with van der Waals surface area (Å²) in [5.74, 6) is 0.814. The molecule has 0 saturated heterocycles. The summed E-state index contributed by atoms with van der Waals surface area (Å²) >= 11 is 0. The van der Waals surface area contributed by atoms with Gasteiger partial charge in [0.05, 0.1) is 29.9 Å². The number of rotatable bonds is 15. The van der Waals surface area contributed by atoms with Crippen LogP contribution in [0.25, 0.3) is 28.6 Å². The Morgan fingerprint density at radius 1 is 0.886 bits per heavy atom. The van der Waals surface area contributed by atoms with Gasteiger partial charge in [-0.25, -0.2) is 0 Å². The van der Waals surface area contributed by atoms with E-state index in [2.05, 4.69) is 66.8 Å². The van der Waals surface area contributed by atoms with E-state index in [1.165, 1.54) is 24.8 Å². The number of hydrogen-bond acceptors (Lipinski definition) is 4. The second-order valence-corrected chi connectivity index (χ2v) is 8.75. The van der Waals surface area contributed by atoms with Crippen LogP contribution in [0.4, 0.5) is 0 Å². The van der Waals surface area contributed by atoms with Crippen molar-refractivity contribution in [2.24, 2.45) is 0 Å². The number of nitrogens with zero attached hydrogens (tertiary/aromatic N) is 2. The van der Waals surface area contributed by atoms with Gasteiger partial charge in [0.25, 0.3) is 0 Å². The Kier molecular flexibility index (Phi) is 11.2. The van der Waals surface area contributed by atoms with Crippen molar-refractivity contribution in [1.82, 2.24) is 9.97 Å². The van der Waals surface area contributed by atoms with E-state index >= 15 is 0 Å². The van der Waals surface area contributed by atoms with Crippen molar-refractivity contribution in [2.75, 3.05) is 13.2 Å². The fraction of sp³-hybridized carbons (Fsp3) is 0.355. The van der Waals surface area contributed by atoms with Crippen LogP contribution in [0.2, 0.25) is 0 Å². The fourth-order valence-corrected chi connectivity index (χ4v) is 3.73. The van der Waals surface area contributed by atoms with Gasteiger partial charge in [0.15, 0.2) is 0 Å². The SMILES string of the molecule is C=CCOc1ccc(-c2cnc(-c3ccc(C=CCCCC(C)OCCCCC)cc3)cn2)cc1. The Morgan fingerprint density at radius 2 is 1.54 bits per heavy atom. The van der Waals surface area contributed by atoms with Gasteiger partial charge in [-0.1, -0.05) is 68.8 Å². The van der Waals surface area contributed by atoms with Crippen molar-refractivity contribution in [2.45, 2.75) is 58.5 Å². The van der Waals surface area contributed by atoms with E-state index in [4.69, 9.17) is 9.47 Å². The first kappa shape index (κ1) is 26.4. The molecule has 2 aromatic carbocycles. The molecule has 1 aromatic heterocycles. The third-order valence-electron chi connectivity index (χ3n) is 5.82. The molecular formula is C31H38N2O2. The molecule has 0 aliphatic carbocycles. The molecular weight excluding hydrogens is 432 g/mol.